The van der Waals surface area contributed by atoms with Crippen LogP contribution < -0.4 is 81.4 Å². The summed E-state index contributed by atoms with van der Waals surface area (Å²) in [7, 11) is 0. The lowest BCUT2D eigenvalue weighted by molar-refractivity contribution is -0.139. The minimum atomic E-state index is -1.78. The van der Waals surface area contributed by atoms with E-state index in [9.17, 15) is 82.1 Å². The number of rotatable bonds is 43. The van der Waals surface area contributed by atoms with Crippen molar-refractivity contribution < 1.29 is 87.2 Å². The van der Waals surface area contributed by atoms with Crippen molar-refractivity contribution in [1.82, 2.24) is 58.5 Å². The number of carboxylic acids is 3. The summed E-state index contributed by atoms with van der Waals surface area (Å²) in [6.07, 6.45) is -2.00. The van der Waals surface area contributed by atoms with Crippen LogP contribution in [0.2, 0.25) is 0 Å². The first-order valence-electron chi connectivity index (χ1n) is 26.2. The molecule has 12 amide bonds. The Morgan fingerprint density at radius 1 is 0.494 bits per heavy atom. The Balaban J connectivity index is 6.78. The molecule has 0 fully saturated rings. The molecule has 11 atom stereocenters. The Hall–Kier alpha value is -7.32. The quantitative estimate of drug-likeness (QED) is 0.0117. The summed E-state index contributed by atoms with van der Waals surface area (Å²) in [6, 6.07) is -15.4. The van der Waals surface area contributed by atoms with Gasteiger partial charge >= 0.3 is 17.9 Å². The number of hydrogen-bond donors (Lipinski definition) is 21. The molecule has 0 spiro atoms. The number of carbonyl (C=O) groups excluding carboxylic acids is 12. The van der Waals surface area contributed by atoms with E-state index in [2.05, 4.69) is 101 Å². The molecule has 34 nitrogen and oxygen atoms in total. The van der Waals surface area contributed by atoms with Crippen LogP contribution in [0.4, 0.5) is 0 Å². The normalized spacial score (nSPS) is 14.7. The van der Waals surface area contributed by atoms with E-state index in [4.69, 9.17) is 28.0 Å². The van der Waals surface area contributed by atoms with Crippen molar-refractivity contribution in [1.29, 1.82) is 0 Å². The number of carbonyl (C=O) groups is 15. The van der Waals surface area contributed by atoms with Crippen LogP contribution in [0.25, 0.3) is 0 Å². The van der Waals surface area contributed by atoms with E-state index < -0.39 is 200 Å². The van der Waals surface area contributed by atoms with Gasteiger partial charge in [0.05, 0.1) is 13.0 Å². The second kappa shape index (κ2) is 41.7. The number of carboxylic acid groups (broad SMARTS) is 3. The van der Waals surface area contributed by atoms with E-state index in [1.165, 1.54) is 25.6 Å². The van der Waals surface area contributed by atoms with Crippen LogP contribution in [0, 0.1) is 5.92 Å². The first kappa shape index (κ1) is 77.7. The Bertz CT molecular complexity index is 2390. The number of thiol groups is 3. The van der Waals surface area contributed by atoms with Crippen molar-refractivity contribution >= 4 is 144 Å². The van der Waals surface area contributed by atoms with Crippen molar-refractivity contribution in [2.75, 3.05) is 48.9 Å². The summed E-state index contributed by atoms with van der Waals surface area (Å²) in [5.74, 6) is -18.0. The van der Waals surface area contributed by atoms with Crippen molar-refractivity contribution in [2.45, 2.75) is 139 Å². The summed E-state index contributed by atoms with van der Waals surface area (Å²) in [6.45, 7) is 2.93. The van der Waals surface area contributed by atoms with E-state index in [1.54, 1.807) is 13.2 Å². The monoisotopic (exact) mass is 1280 g/mol. The van der Waals surface area contributed by atoms with E-state index >= 15 is 0 Å². The molecule has 0 aromatic heterocycles. The first-order valence-corrected chi connectivity index (χ1v) is 29.5. The average Bonchev–Trinajstić information content (AvgIpc) is 3.62. The fourth-order valence-electron chi connectivity index (χ4n) is 7.14. The summed E-state index contributed by atoms with van der Waals surface area (Å²) >= 11 is 13.4. The molecular formula is C47H80N16O18S4. The molecule has 0 radical (unpaired) electrons. The van der Waals surface area contributed by atoms with Gasteiger partial charge in [0.15, 0.2) is 5.96 Å². The van der Waals surface area contributed by atoms with Crippen LogP contribution in [0.15, 0.2) is 4.99 Å². The highest BCUT2D eigenvalue weighted by atomic mass is 32.2. The lowest BCUT2D eigenvalue weighted by atomic mass is 9.96. The van der Waals surface area contributed by atoms with Crippen LogP contribution in [0.1, 0.15) is 78.6 Å². The molecule has 85 heavy (non-hydrogen) atoms. The zero-order chi connectivity index (χ0) is 65.1. The molecule has 0 unspecified atom stereocenters. The number of hydrogen-bond acceptors (Lipinski definition) is 21. The maximum absolute atomic E-state index is 14.2. The zero-order valence-corrected chi connectivity index (χ0v) is 50.6. The number of thioether (sulfide) groups is 1. The number of nitrogens with two attached hydrogens (primary N) is 4. The van der Waals surface area contributed by atoms with Crippen LogP contribution in [-0.2, 0) is 71.9 Å². The van der Waals surface area contributed by atoms with Gasteiger partial charge in [-0.1, -0.05) is 20.3 Å². The summed E-state index contributed by atoms with van der Waals surface area (Å²) in [4.78, 5) is 198. The number of aliphatic carboxylic acids is 3. The minimum Gasteiger partial charge on any atom is -0.481 e. The van der Waals surface area contributed by atoms with Gasteiger partial charge in [-0.3, -0.25) is 76.9 Å². The standard InChI is InChI=1S/C47H80N16O18S4/c1-5-21(2)36(63-42(77)25(9-11-34(68)69)58-40(75)23(7-6-13-52-47(50)51)57-43(78)27(15-31(49)64)60-44(79)29(19-83)55-32(65)16-48)46(81)59-24(8-10-33(66)67)39(74)54-22(3)37(72)56-26(12-14-85-4)41(76)62-30(20-84)45(80)61-28(18-82)38(73)53-17-35(70)71/h21-30,36,82-84H,5-20,48H2,1-4H3,(H2,49,64)(H,53,73)(H,54,74)(H,55,65)(H,56,72)(H,57,78)(H,58,75)(H,59,81)(H,60,79)(H,61,80)(H,62,76)(H,63,77)(H,66,67)(H,68,69)(H,70,71)(H4,50,51,52)/t21-,22-,23-,24-,25-,26-,27-,28-,29-,30-,36-/m0/s1. The molecule has 0 saturated carbocycles. The number of primary amides is 1. The number of guanidine groups is 1. The SMILES string of the molecule is CC[C@H](C)[C@H](NC(=O)[C@H](CCC(=O)O)NC(=O)[C@H](CCCN=C(N)N)NC(=O)[C@H](CC(N)=O)NC(=O)[C@H](CS)NC(=O)CN)C(=O)N[C@@H](CCC(=O)O)C(=O)N[C@@H](C)C(=O)N[C@@H](CCSC)C(=O)N[C@@H](CS)C(=O)N[C@@H](CS)C(=O)NCC(=O)O. The Kier molecular flexibility index (Phi) is 38.1. The van der Waals surface area contributed by atoms with Gasteiger partial charge in [-0.15, -0.1) is 0 Å². The van der Waals surface area contributed by atoms with Gasteiger partial charge < -0.3 is 96.7 Å². The molecule has 0 rings (SSSR count). The highest BCUT2D eigenvalue weighted by Gasteiger charge is 2.37. The molecule has 0 aliphatic rings. The highest BCUT2D eigenvalue weighted by Crippen LogP contribution is 2.13. The number of nitrogens with one attached hydrogen (secondary N) is 11. The lowest BCUT2D eigenvalue weighted by Gasteiger charge is -2.29. The fraction of sp³-hybridized carbons (Fsp3) is 0.660. The van der Waals surface area contributed by atoms with Gasteiger partial charge in [0.2, 0.25) is 70.9 Å². The molecular weight excluding hydrogens is 1200 g/mol. The molecule has 0 aliphatic carbocycles. The smallest absolute Gasteiger partial charge is 0.322 e. The maximum atomic E-state index is 14.2. The van der Waals surface area contributed by atoms with E-state index in [-0.39, 0.29) is 61.2 Å². The molecule has 0 aliphatic heterocycles. The third-order valence-corrected chi connectivity index (χ3v) is 13.8. The molecule has 0 aromatic carbocycles. The molecule has 0 saturated heterocycles. The van der Waals surface area contributed by atoms with E-state index in [0.717, 1.165) is 0 Å². The molecule has 38 heteroatoms. The lowest BCUT2D eigenvalue weighted by Crippen LogP contribution is -2.61. The van der Waals surface area contributed by atoms with Gasteiger partial charge in [0, 0.05) is 36.6 Å². The van der Waals surface area contributed by atoms with Gasteiger partial charge in [-0.05, 0) is 57.0 Å². The maximum Gasteiger partial charge on any atom is 0.322 e. The van der Waals surface area contributed by atoms with Crippen LogP contribution in [0.5, 0.6) is 0 Å². The zero-order valence-electron chi connectivity index (χ0n) is 47.1. The van der Waals surface area contributed by atoms with Crippen molar-refractivity contribution in [3.63, 3.8) is 0 Å². The minimum absolute atomic E-state index is 0.0204. The Morgan fingerprint density at radius 3 is 1.34 bits per heavy atom. The van der Waals surface area contributed by atoms with Gasteiger partial charge in [0.25, 0.3) is 0 Å². The fourth-order valence-corrected chi connectivity index (χ4v) is 8.38. The number of amides is 12. The molecule has 0 aromatic rings. The van der Waals surface area contributed by atoms with Gasteiger partial charge in [-0.2, -0.15) is 49.6 Å². The van der Waals surface area contributed by atoms with E-state index in [1.807, 2.05) is 0 Å². The van der Waals surface area contributed by atoms with Crippen molar-refractivity contribution in [3.05, 3.63) is 0 Å². The molecule has 22 N–H and O–H groups in total. The Morgan fingerprint density at radius 2 is 0.894 bits per heavy atom. The predicted octanol–water partition coefficient (Wildman–Crippen LogP) is -7.74. The predicted molar refractivity (Wildman–Crippen MR) is 316 cm³/mol. The number of nitrogens with zero attached hydrogens (tertiary/aromatic N) is 1. The third kappa shape index (κ3) is 31.4. The second-order valence-electron chi connectivity index (χ2n) is 18.8. The van der Waals surface area contributed by atoms with Gasteiger partial charge in [0.1, 0.15) is 67.0 Å². The van der Waals surface area contributed by atoms with Crippen molar-refractivity contribution in [3.8, 4) is 0 Å². The number of aliphatic imine (C=N–C) groups is 1. The van der Waals surface area contributed by atoms with Crippen LogP contribution in [0.3, 0.4) is 0 Å². The Labute approximate surface area is 509 Å². The summed E-state index contributed by atoms with van der Waals surface area (Å²) in [5.41, 5.74) is 21.5. The van der Waals surface area contributed by atoms with E-state index in [0.29, 0.717) is 0 Å². The topological polar surface area (TPSA) is 566 Å². The first-order chi connectivity index (χ1) is 39.9. The third-order valence-electron chi connectivity index (χ3n) is 12.0. The average molecular weight is 1290 g/mol. The molecule has 480 valence electrons. The largest absolute Gasteiger partial charge is 0.481 e. The van der Waals surface area contributed by atoms with Gasteiger partial charge in [-0.25, -0.2) is 0 Å². The molecule has 0 heterocycles. The highest BCUT2D eigenvalue weighted by molar-refractivity contribution is 7.98. The second-order valence-corrected chi connectivity index (χ2v) is 20.9. The van der Waals surface area contributed by atoms with Crippen molar-refractivity contribution in [2.24, 2.45) is 33.8 Å². The molecule has 0 bridgehead atoms. The van der Waals surface area contributed by atoms with Crippen LogP contribution in [-0.4, -0.2) is 219 Å². The summed E-state index contributed by atoms with van der Waals surface area (Å²) < 4.78 is 0. The summed E-state index contributed by atoms with van der Waals surface area (Å²) in [5, 5.41) is 53.8. The van der Waals surface area contributed by atoms with Crippen LogP contribution >= 0.6 is 49.6 Å².